The predicted molar refractivity (Wildman–Crippen MR) is 93.2 cm³/mol. The summed E-state index contributed by atoms with van der Waals surface area (Å²) in [6.07, 6.45) is 3.91. The minimum Gasteiger partial charge on any atom is -0.495 e. The quantitative estimate of drug-likeness (QED) is 0.802. The van der Waals surface area contributed by atoms with Crippen molar-refractivity contribution in [1.82, 2.24) is 4.90 Å². The van der Waals surface area contributed by atoms with Crippen molar-refractivity contribution < 1.29 is 14.1 Å². The number of rotatable bonds is 4. The summed E-state index contributed by atoms with van der Waals surface area (Å²) in [6.45, 7) is 5.57. The number of ether oxygens (including phenoxy) is 1. The average molecular weight is 326 g/mol. The van der Waals surface area contributed by atoms with Gasteiger partial charge in [-0.05, 0) is 24.6 Å². The van der Waals surface area contributed by atoms with Crippen molar-refractivity contribution in [2.75, 3.05) is 38.2 Å². The van der Waals surface area contributed by atoms with E-state index in [4.69, 9.17) is 4.74 Å². The molecule has 0 unspecified atom stereocenters. The molecule has 0 radical (unpaired) electrons. The molecule has 1 fully saturated rings. The molecule has 1 aliphatic heterocycles. The predicted octanol–water partition coefficient (Wildman–Crippen LogP) is 1.64. The molecule has 1 aromatic carbocycles. The van der Waals surface area contributed by atoms with Crippen LogP contribution < -0.4 is 14.2 Å². The molecule has 2 aromatic rings. The van der Waals surface area contributed by atoms with Crippen LogP contribution in [0.15, 0.2) is 48.8 Å². The number of anilines is 1. The van der Waals surface area contributed by atoms with E-state index >= 15 is 0 Å². The van der Waals surface area contributed by atoms with Crippen LogP contribution in [0.3, 0.4) is 0 Å². The van der Waals surface area contributed by atoms with Gasteiger partial charge in [0.1, 0.15) is 5.75 Å². The molecular formula is C19H24N3O2+. The number of benzene rings is 1. The second-order valence-corrected chi connectivity index (χ2v) is 6.09. The molecule has 126 valence electrons. The molecule has 1 aliphatic rings. The van der Waals surface area contributed by atoms with Gasteiger partial charge >= 0.3 is 0 Å². The fourth-order valence-electron chi connectivity index (χ4n) is 2.98. The summed E-state index contributed by atoms with van der Waals surface area (Å²) >= 11 is 0. The smallest absolute Gasteiger partial charge is 0.288 e. The minimum absolute atomic E-state index is 0.170. The van der Waals surface area contributed by atoms with Crippen molar-refractivity contribution in [3.8, 4) is 5.75 Å². The van der Waals surface area contributed by atoms with E-state index in [2.05, 4.69) is 11.0 Å². The molecule has 0 saturated carbocycles. The zero-order valence-corrected chi connectivity index (χ0v) is 14.3. The Hall–Kier alpha value is -2.56. The second kappa shape index (κ2) is 7.34. The number of aromatic nitrogens is 1. The van der Waals surface area contributed by atoms with E-state index in [9.17, 15) is 4.79 Å². The van der Waals surface area contributed by atoms with E-state index in [0.717, 1.165) is 37.6 Å². The molecule has 3 rings (SSSR count). The van der Waals surface area contributed by atoms with E-state index in [0.29, 0.717) is 6.54 Å². The largest absolute Gasteiger partial charge is 0.495 e. The molecule has 5 heteroatoms. The highest BCUT2D eigenvalue weighted by Gasteiger charge is 2.24. The van der Waals surface area contributed by atoms with E-state index in [-0.39, 0.29) is 5.91 Å². The van der Waals surface area contributed by atoms with Crippen molar-refractivity contribution in [3.05, 3.63) is 54.4 Å². The lowest BCUT2D eigenvalue weighted by Crippen LogP contribution is -2.52. The Balaban J connectivity index is 1.58. The van der Waals surface area contributed by atoms with Crippen LogP contribution in [0, 0.1) is 6.92 Å². The minimum atomic E-state index is 0.170. The fraction of sp³-hybridized carbons (Fsp3) is 0.368. The zero-order valence-electron chi connectivity index (χ0n) is 14.3. The maximum atomic E-state index is 12.5. The van der Waals surface area contributed by atoms with Gasteiger partial charge in [-0.25, -0.2) is 0 Å². The van der Waals surface area contributed by atoms with Gasteiger partial charge in [0.05, 0.1) is 12.8 Å². The molecule has 1 saturated heterocycles. The summed E-state index contributed by atoms with van der Waals surface area (Å²) in [5.41, 5.74) is 2.30. The highest BCUT2D eigenvalue weighted by atomic mass is 16.5. The fourth-order valence-corrected chi connectivity index (χ4v) is 2.98. The third-order valence-electron chi connectivity index (χ3n) is 4.43. The lowest BCUT2D eigenvalue weighted by atomic mass is 10.2. The van der Waals surface area contributed by atoms with Gasteiger partial charge < -0.3 is 14.5 Å². The molecule has 0 atom stereocenters. The van der Waals surface area contributed by atoms with Gasteiger partial charge in [0.25, 0.3) is 5.91 Å². The molecule has 5 nitrogen and oxygen atoms in total. The molecular weight excluding hydrogens is 302 g/mol. The van der Waals surface area contributed by atoms with E-state index in [1.165, 1.54) is 5.56 Å². The van der Waals surface area contributed by atoms with Crippen molar-refractivity contribution in [3.63, 3.8) is 0 Å². The number of amides is 1. The maximum Gasteiger partial charge on any atom is 0.288 e. The van der Waals surface area contributed by atoms with Gasteiger partial charge in [0, 0.05) is 38.3 Å². The van der Waals surface area contributed by atoms with Crippen molar-refractivity contribution in [1.29, 1.82) is 0 Å². The number of aryl methyl sites for hydroxylation is 1. The number of nitrogens with zero attached hydrogens (tertiary/aromatic N) is 3. The van der Waals surface area contributed by atoms with Gasteiger partial charge in [-0.1, -0.05) is 12.1 Å². The number of carbonyl (C=O) groups is 1. The number of para-hydroxylation sites is 2. The monoisotopic (exact) mass is 326 g/mol. The summed E-state index contributed by atoms with van der Waals surface area (Å²) in [5.74, 6) is 1.05. The summed E-state index contributed by atoms with van der Waals surface area (Å²) in [7, 11) is 1.69. The molecule has 0 spiro atoms. The van der Waals surface area contributed by atoms with E-state index < -0.39 is 0 Å². The Labute approximate surface area is 143 Å². The number of piperazine rings is 1. The lowest BCUT2D eigenvalue weighted by molar-refractivity contribution is -0.685. The van der Waals surface area contributed by atoms with Crippen LogP contribution in [0.5, 0.6) is 5.75 Å². The highest BCUT2D eigenvalue weighted by Crippen LogP contribution is 2.28. The van der Waals surface area contributed by atoms with Crippen LogP contribution >= 0.6 is 0 Å². The number of pyridine rings is 1. The van der Waals surface area contributed by atoms with Crippen molar-refractivity contribution >= 4 is 11.6 Å². The molecule has 2 heterocycles. The number of carbonyl (C=O) groups excluding carboxylic acids is 1. The summed E-state index contributed by atoms with van der Waals surface area (Å²) in [4.78, 5) is 16.7. The summed E-state index contributed by atoms with van der Waals surface area (Å²) < 4.78 is 7.37. The van der Waals surface area contributed by atoms with Crippen molar-refractivity contribution in [2.24, 2.45) is 0 Å². The van der Waals surface area contributed by atoms with Crippen LogP contribution in [0.1, 0.15) is 5.56 Å². The maximum absolute atomic E-state index is 12.5. The van der Waals surface area contributed by atoms with Crippen LogP contribution in [0.4, 0.5) is 5.69 Å². The van der Waals surface area contributed by atoms with Gasteiger partial charge in [0.2, 0.25) is 6.54 Å². The highest BCUT2D eigenvalue weighted by molar-refractivity contribution is 5.75. The first-order chi connectivity index (χ1) is 11.7. The Morgan fingerprint density at radius 2 is 1.75 bits per heavy atom. The van der Waals surface area contributed by atoms with Crippen LogP contribution in [-0.4, -0.2) is 44.1 Å². The number of hydrogen-bond acceptors (Lipinski definition) is 3. The van der Waals surface area contributed by atoms with Crippen LogP contribution in [0.2, 0.25) is 0 Å². The lowest BCUT2D eigenvalue weighted by Gasteiger charge is -2.36. The van der Waals surface area contributed by atoms with Crippen LogP contribution in [0.25, 0.3) is 0 Å². The first-order valence-corrected chi connectivity index (χ1v) is 8.29. The Bertz CT molecular complexity index is 692. The second-order valence-electron chi connectivity index (χ2n) is 6.09. The molecule has 1 aromatic heterocycles. The molecule has 24 heavy (non-hydrogen) atoms. The topological polar surface area (TPSA) is 36.7 Å². The molecule has 0 aliphatic carbocycles. The normalized spacial score (nSPS) is 14.6. The zero-order chi connectivity index (χ0) is 16.9. The van der Waals surface area contributed by atoms with Gasteiger partial charge in [-0.15, -0.1) is 0 Å². The van der Waals surface area contributed by atoms with Crippen molar-refractivity contribution in [2.45, 2.75) is 13.5 Å². The molecule has 0 N–H and O–H groups in total. The van der Waals surface area contributed by atoms with Gasteiger partial charge in [0.15, 0.2) is 12.4 Å². The Morgan fingerprint density at radius 1 is 1.08 bits per heavy atom. The summed E-state index contributed by atoms with van der Waals surface area (Å²) in [5, 5.41) is 0. The Morgan fingerprint density at radius 3 is 2.42 bits per heavy atom. The first kappa shape index (κ1) is 16.3. The third-order valence-corrected chi connectivity index (χ3v) is 4.43. The van der Waals surface area contributed by atoms with Gasteiger partial charge in [-0.3, -0.25) is 4.79 Å². The SMILES string of the molecule is COc1ccccc1N1CCN(C(=O)C[n+]2ccc(C)cc2)CC1. The first-order valence-electron chi connectivity index (χ1n) is 8.29. The third kappa shape index (κ3) is 3.67. The number of hydrogen-bond donors (Lipinski definition) is 0. The van der Waals surface area contributed by atoms with Gasteiger partial charge in [-0.2, -0.15) is 4.57 Å². The van der Waals surface area contributed by atoms with E-state index in [1.807, 2.05) is 59.1 Å². The number of methoxy groups -OCH3 is 1. The molecule has 0 bridgehead atoms. The summed E-state index contributed by atoms with van der Waals surface area (Å²) in [6, 6.07) is 12.1. The standard InChI is InChI=1S/C19H24N3O2/c1-16-7-9-20(10-8-16)15-19(23)22-13-11-21(12-14-22)17-5-3-4-6-18(17)24-2/h3-10H,11-15H2,1-2H3/q+1. The Kier molecular flexibility index (Phi) is 4.99. The molecule has 1 amide bonds. The van der Waals surface area contributed by atoms with Crippen LogP contribution in [-0.2, 0) is 11.3 Å². The van der Waals surface area contributed by atoms with E-state index in [1.54, 1.807) is 7.11 Å². The average Bonchev–Trinajstić information content (AvgIpc) is 2.63.